The number of nitrogens with zero attached hydrogens (tertiary/aromatic N) is 4. The van der Waals surface area contributed by atoms with Crippen LogP contribution in [0.25, 0.3) is 0 Å². The summed E-state index contributed by atoms with van der Waals surface area (Å²) in [4.78, 5) is 26.5. The first-order valence-corrected chi connectivity index (χ1v) is 3.40. The van der Waals surface area contributed by atoms with Gasteiger partial charge < -0.3 is 5.21 Å². The van der Waals surface area contributed by atoms with Crippen molar-refractivity contribution in [2.75, 3.05) is 0 Å². The maximum absolute atomic E-state index is 11.0. The Kier molecular flexibility index (Phi) is 3.22. The molecule has 0 aromatic heterocycles. The summed E-state index contributed by atoms with van der Waals surface area (Å²) in [5, 5.41) is 41.8. The van der Waals surface area contributed by atoms with Gasteiger partial charge in [0.25, 0.3) is 0 Å². The van der Waals surface area contributed by atoms with Gasteiger partial charge in [-0.25, -0.2) is 0 Å². The lowest BCUT2D eigenvalue weighted by atomic mass is 10.4. The number of amidine groups is 1. The monoisotopic (exact) mass is 222 g/mol. The molecule has 0 amide bonds. The van der Waals surface area contributed by atoms with E-state index < -0.39 is 31.1 Å². The van der Waals surface area contributed by atoms with Gasteiger partial charge in [0.05, 0.1) is 6.92 Å². The van der Waals surface area contributed by atoms with Crippen molar-refractivity contribution in [3.8, 4) is 0 Å². The molecule has 11 heteroatoms. The van der Waals surface area contributed by atoms with Gasteiger partial charge in [0.15, 0.2) is 16.8 Å². The van der Waals surface area contributed by atoms with Gasteiger partial charge in [-0.2, -0.15) is 0 Å². The molecule has 0 radical (unpaired) electrons. The topological polar surface area (TPSA) is 155 Å². The fourth-order valence-corrected chi connectivity index (χ4v) is 0.596. The highest BCUT2D eigenvalue weighted by Gasteiger charge is 2.63. The predicted octanol–water partition coefficient (Wildman–Crippen LogP) is -0.581. The quantitative estimate of drug-likeness (QED) is 0.117. The summed E-state index contributed by atoms with van der Waals surface area (Å²) in [7, 11) is 0. The van der Waals surface area contributed by atoms with Crippen LogP contribution in [-0.2, 0) is 0 Å². The largest absolute Gasteiger partial charge is 0.660 e. The van der Waals surface area contributed by atoms with Crippen molar-refractivity contribution < 1.29 is 19.5 Å². The maximum Gasteiger partial charge on any atom is 0.660 e. The van der Waals surface area contributed by atoms with Gasteiger partial charge in [0.1, 0.15) is 4.92 Å². The Morgan fingerprint density at radius 1 is 1.00 bits per heavy atom. The van der Waals surface area contributed by atoms with Crippen LogP contribution in [-0.4, -0.2) is 31.1 Å². The molecule has 0 aliphatic heterocycles. The first kappa shape index (κ1) is 12.7. The third kappa shape index (κ3) is 1.95. The summed E-state index contributed by atoms with van der Waals surface area (Å²) in [5.74, 6) is -4.53. The van der Waals surface area contributed by atoms with E-state index >= 15 is 0 Å². The zero-order valence-electron chi connectivity index (χ0n) is 7.65. The molecule has 0 heterocycles. The van der Waals surface area contributed by atoms with E-state index in [1.54, 1.807) is 0 Å². The standard InChI is InChI=1S/C4H6N4O7/c1-3(6(10)11)5(9)4(2,7(12)13)8(14)15/h1-2H3/b5-3-. The molecular weight excluding hydrogens is 216 g/mol. The minimum Gasteiger partial charge on any atom is -0.609 e. The van der Waals surface area contributed by atoms with Crippen molar-refractivity contribution in [1.29, 1.82) is 0 Å². The van der Waals surface area contributed by atoms with Gasteiger partial charge in [0, 0.05) is 0 Å². The van der Waals surface area contributed by atoms with E-state index in [-0.39, 0.29) is 0 Å². The second-order valence-electron chi connectivity index (χ2n) is 2.58. The van der Waals surface area contributed by atoms with Crippen molar-refractivity contribution in [2.24, 2.45) is 0 Å². The molecular formula is C4H6N4O7. The average molecular weight is 222 g/mol. The lowest BCUT2D eigenvalue weighted by Crippen LogP contribution is -2.53. The van der Waals surface area contributed by atoms with E-state index in [9.17, 15) is 35.6 Å². The molecule has 0 spiro atoms. The van der Waals surface area contributed by atoms with Gasteiger partial charge in [-0.3, -0.25) is 30.3 Å². The van der Waals surface area contributed by atoms with Gasteiger partial charge in [-0.05, 0) is 4.74 Å². The van der Waals surface area contributed by atoms with Crippen molar-refractivity contribution in [2.45, 2.75) is 19.6 Å². The van der Waals surface area contributed by atoms with Gasteiger partial charge >= 0.3 is 11.6 Å². The molecule has 0 aromatic rings. The van der Waals surface area contributed by atoms with Crippen LogP contribution in [0.1, 0.15) is 13.8 Å². The lowest BCUT2D eigenvalue weighted by molar-refractivity contribution is -0.963. The Hall–Kier alpha value is -2.33. The number of rotatable bonds is 3. The Morgan fingerprint density at radius 3 is 1.53 bits per heavy atom. The summed E-state index contributed by atoms with van der Waals surface area (Å²) >= 11 is 0. The van der Waals surface area contributed by atoms with Gasteiger partial charge in [0.2, 0.25) is 0 Å². The molecule has 0 aliphatic rings. The second-order valence-corrected chi connectivity index (χ2v) is 2.58. The van der Waals surface area contributed by atoms with Crippen molar-refractivity contribution in [3.05, 3.63) is 35.6 Å². The number of nitro groups is 3. The minimum absolute atomic E-state index is 0.368. The Morgan fingerprint density at radius 2 is 1.33 bits per heavy atom. The molecule has 0 rings (SSSR count). The number of hydrogen-bond donors (Lipinski definition) is 0. The van der Waals surface area contributed by atoms with Crippen LogP contribution in [0.4, 0.5) is 0 Å². The zero-order chi connectivity index (χ0) is 12.4. The Balaban J connectivity index is 5.70. The molecule has 0 unspecified atom stereocenters. The molecule has 0 N–H and O–H groups in total. The first-order chi connectivity index (χ1) is 6.65. The number of hydrogen-bond acceptors (Lipinski definition) is 7. The van der Waals surface area contributed by atoms with E-state index in [1.807, 2.05) is 0 Å². The Labute approximate surface area is 81.6 Å². The van der Waals surface area contributed by atoms with E-state index in [1.165, 1.54) is 0 Å². The summed E-state index contributed by atoms with van der Waals surface area (Å²) in [6.07, 6.45) is 0. The van der Waals surface area contributed by atoms with Crippen LogP contribution in [0.2, 0.25) is 0 Å². The lowest BCUT2D eigenvalue weighted by Gasteiger charge is -2.10. The molecule has 11 nitrogen and oxygen atoms in total. The molecule has 0 atom stereocenters. The summed E-state index contributed by atoms with van der Waals surface area (Å²) in [6.45, 7) is 1.01. The molecule has 0 aromatic carbocycles. The van der Waals surface area contributed by atoms with E-state index in [2.05, 4.69) is 0 Å². The fourth-order valence-electron chi connectivity index (χ4n) is 0.596. The fraction of sp³-hybridized carbons (Fsp3) is 0.750. The highest BCUT2D eigenvalue weighted by molar-refractivity contribution is 5.65. The molecule has 0 fully saturated rings. The maximum atomic E-state index is 11.0. The van der Waals surface area contributed by atoms with Crippen LogP contribution >= 0.6 is 0 Å². The molecule has 0 saturated heterocycles. The van der Waals surface area contributed by atoms with Gasteiger partial charge in [-0.15, -0.1) is 0 Å². The van der Waals surface area contributed by atoms with Crippen LogP contribution in [0.5, 0.6) is 0 Å². The molecule has 0 saturated carbocycles. The van der Waals surface area contributed by atoms with Crippen LogP contribution in [0.15, 0.2) is 0 Å². The summed E-state index contributed by atoms with van der Waals surface area (Å²) < 4.78 is -0.854. The Bertz CT molecular complexity index is 346. The SMILES string of the molecule is C/C([N+](=O)[O-])=[N+](/[O-])C(C)([N+](=O)[O-])[N+](=O)[O-]. The molecule has 15 heavy (non-hydrogen) atoms. The highest BCUT2D eigenvalue weighted by atomic mass is 16.7. The summed E-state index contributed by atoms with van der Waals surface area (Å²) in [6, 6.07) is 0. The number of hydroxylamine groups is 1. The molecule has 84 valence electrons. The minimum atomic E-state index is -3.29. The smallest absolute Gasteiger partial charge is 0.609 e. The van der Waals surface area contributed by atoms with E-state index in [0.29, 0.717) is 13.8 Å². The average Bonchev–Trinajstić information content (AvgIpc) is 2.13. The van der Waals surface area contributed by atoms with Crippen molar-refractivity contribution >= 4 is 5.84 Å². The second kappa shape index (κ2) is 3.81. The third-order valence-corrected chi connectivity index (χ3v) is 1.63. The van der Waals surface area contributed by atoms with Crippen molar-refractivity contribution in [1.82, 2.24) is 0 Å². The van der Waals surface area contributed by atoms with Crippen LogP contribution in [0, 0.1) is 35.6 Å². The van der Waals surface area contributed by atoms with Gasteiger partial charge in [-0.1, -0.05) is 0 Å². The molecule has 0 aliphatic carbocycles. The normalized spacial score (nSPS) is 12.9. The zero-order valence-corrected chi connectivity index (χ0v) is 7.65. The van der Waals surface area contributed by atoms with E-state index in [4.69, 9.17) is 0 Å². The van der Waals surface area contributed by atoms with E-state index in [0.717, 1.165) is 0 Å². The van der Waals surface area contributed by atoms with Crippen LogP contribution < -0.4 is 0 Å². The molecule has 0 bridgehead atoms. The first-order valence-electron chi connectivity index (χ1n) is 3.40. The highest BCUT2D eigenvalue weighted by Crippen LogP contribution is 2.11. The third-order valence-electron chi connectivity index (χ3n) is 1.63. The predicted molar refractivity (Wildman–Crippen MR) is 43.7 cm³/mol. The van der Waals surface area contributed by atoms with Crippen LogP contribution in [0.3, 0.4) is 0 Å². The summed E-state index contributed by atoms with van der Waals surface area (Å²) in [5.41, 5.74) is 0. The van der Waals surface area contributed by atoms with Crippen molar-refractivity contribution in [3.63, 3.8) is 0 Å².